The summed E-state index contributed by atoms with van der Waals surface area (Å²) in [5, 5.41) is 2.30. The maximum atomic E-state index is 14.0. The lowest BCUT2D eigenvalue weighted by molar-refractivity contribution is -0.115. The molecule has 0 radical (unpaired) electrons. The van der Waals surface area contributed by atoms with Gasteiger partial charge in [-0.1, -0.05) is 19.1 Å². The second-order valence-electron chi connectivity index (χ2n) is 5.22. The van der Waals surface area contributed by atoms with E-state index >= 15 is 0 Å². The maximum absolute atomic E-state index is 14.0. The first-order valence-corrected chi connectivity index (χ1v) is 9.64. The molecule has 0 spiro atoms. The topological polar surface area (TPSA) is 89.3 Å². The third-order valence-corrected chi connectivity index (χ3v) is 5.96. The summed E-state index contributed by atoms with van der Waals surface area (Å²) in [5.41, 5.74) is 5.51. The number of anilines is 2. The highest BCUT2D eigenvalue weighted by atomic mass is 79.9. The van der Waals surface area contributed by atoms with Crippen LogP contribution in [0.25, 0.3) is 0 Å². The van der Waals surface area contributed by atoms with Gasteiger partial charge in [-0.25, -0.2) is 17.2 Å². The van der Waals surface area contributed by atoms with Gasteiger partial charge >= 0.3 is 0 Å². The van der Waals surface area contributed by atoms with Crippen molar-refractivity contribution in [2.45, 2.75) is 18.2 Å². The Labute approximate surface area is 152 Å². The van der Waals surface area contributed by atoms with Crippen molar-refractivity contribution >= 4 is 43.0 Å². The summed E-state index contributed by atoms with van der Waals surface area (Å²) in [6.45, 7) is 1.54. The second-order valence-corrected chi connectivity index (χ2v) is 8.29. The van der Waals surface area contributed by atoms with Crippen molar-refractivity contribution in [1.29, 1.82) is 0 Å². The van der Waals surface area contributed by atoms with E-state index in [0.29, 0.717) is 5.56 Å². The number of sulfone groups is 1. The molecule has 0 unspecified atom stereocenters. The number of nitrogens with one attached hydrogen (secondary N) is 1. The molecule has 5 nitrogen and oxygen atoms in total. The molecule has 0 aliphatic heterocycles. The van der Waals surface area contributed by atoms with E-state index in [2.05, 4.69) is 21.2 Å². The third-order valence-electron chi connectivity index (χ3n) is 3.48. The van der Waals surface area contributed by atoms with Gasteiger partial charge in [-0.15, -0.1) is 0 Å². The second kappa shape index (κ2) is 7.49. The van der Waals surface area contributed by atoms with Crippen LogP contribution in [0.2, 0.25) is 0 Å². The van der Waals surface area contributed by atoms with E-state index in [4.69, 9.17) is 5.73 Å². The molecule has 0 saturated heterocycles. The highest BCUT2D eigenvalue weighted by Crippen LogP contribution is 2.31. The van der Waals surface area contributed by atoms with Crippen molar-refractivity contribution in [2.24, 2.45) is 0 Å². The normalized spacial score (nSPS) is 11.4. The highest BCUT2D eigenvalue weighted by molar-refractivity contribution is 9.10. The lowest BCUT2D eigenvalue weighted by Gasteiger charge is -2.11. The van der Waals surface area contributed by atoms with Gasteiger partial charge in [0.15, 0.2) is 15.7 Å². The Bertz CT molecular complexity index is 916. The molecule has 0 aromatic heterocycles. The molecule has 0 heterocycles. The van der Waals surface area contributed by atoms with Gasteiger partial charge in [0.1, 0.15) is 11.5 Å². The smallest absolute Gasteiger partial charge is 0.228 e. The van der Waals surface area contributed by atoms with Crippen LogP contribution in [0.4, 0.5) is 20.2 Å². The van der Waals surface area contributed by atoms with Crippen molar-refractivity contribution in [2.75, 3.05) is 16.8 Å². The number of benzene rings is 2. The minimum atomic E-state index is -3.32. The van der Waals surface area contributed by atoms with E-state index < -0.39 is 31.9 Å². The maximum Gasteiger partial charge on any atom is 0.228 e. The quantitative estimate of drug-likeness (QED) is 0.560. The minimum absolute atomic E-state index is 0.0230. The van der Waals surface area contributed by atoms with Crippen LogP contribution in [0.5, 0.6) is 0 Å². The Morgan fingerprint density at radius 3 is 2.40 bits per heavy atom. The molecule has 0 atom stereocenters. The number of hydrogen-bond acceptors (Lipinski definition) is 4. The van der Waals surface area contributed by atoms with Crippen LogP contribution in [0.15, 0.2) is 39.7 Å². The van der Waals surface area contributed by atoms with E-state index in [1.54, 1.807) is 0 Å². The Balaban J connectivity index is 2.15. The van der Waals surface area contributed by atoms with Gasteiger partial charge in [-0.05, 0) is 33.6 Å². The predicted molar refractivity (Wildman–Crippen MR) is 95.0 cm³/mol. The molecule has 134 valence electrons. The number of halogens is 3. The number of nitrogens with two attached hydrogens (primary N) is 1. The zero-order valence-corrected chi connectivity index (χ0v) is 15.5. The largest absolute Gasteiger partial charge is 0.397 e. The monoisotopic (exact) mass is 432 g/mol. The molecule has 1 amide bonds. The van der Waals surface area contributed by atoms with Gasteiger partial charge in [0.05, 0.1) is 27.2 Å². The van der Waals surface area contributed by atoms with Crippen molar-refractivity contribution in [3.8, 4) is 0 Å². The summed E-state index contributed by atoms with van der Waals surface area (Å²) in [7, 11) is -3.32. The van der Waals surface area contributed by atoms with Crippen LogP contribution in [-0.4, -0.2) is 20.1 Å². The number of carbonyl (C=O) groups excluding carboxylic acids is 1. The minimum Gasteiger partial charge on any atom is -0.397 e. The van der Waals surface area contributed by atoms with Crippen LogP contribution < -0.4 is 11.1 Å². The fourth-order valence-corrected chi connectivity index (χ4v) is 3.29. The average molecular weight is 433 g/mol. The Morgan fingerprint density at radius 1 is 1.24 bits per heavy atom. The summed E-state index contributed by atoms with van der Waals surface area (Å²) in [6.07, 6.45) is -0.125. The molecular weight excluding hydrogens is 418 g/mol. The number of nitrogen functional groups attached to an aromatic ring is 1. The van der Waals surface area contributed by atoms with Crippen LogP contribution in [-0.2, 0) is 21.1 Å². The van der Waals surface area contributed by atoms with E-state index in [1.807, 2.05) is 0 Å². The highest BCUT2D eigenvalue weighted by Gasteiger charge is 2.18. The van der Waals surface area contributed by atoms with E-state index in [9.17, 15) is 22.0 Å². The first-order valence-electron chi connectivity index (χ1n) is 7.20. The van der Waals surface area contributed by atoms with Crippen LogP contribution in [0.3, 0.4) is 0 Å². The zero-order valence-electron chi connectivity index (χ0n) is 13.1. The lowest BCUT2D eigenvalue weighted by atomic mass is 10.1. The number of rotatable bonds is 5. The van der Waals surface area contributed by atoms with Gasteiger partial charge in [-0.2, -0.15) is 0 Å². The summed E-state index contributed by atoms with van der Waals surface area (Å²) in [6, 6.07) is 6.72. The van der Waals surface area contributed by atoms with Crippen molar-refractivity contribution in [3.63, 3.8) is 0 Å². The number of carbonyl (C=O) groups is 1. The molecule has 25 heavy (non-hydrogen) atoms. The van der Waals surface area contributed by atoms with Crippen molar-refractivity contribution in [1.82, 2.24) is 0 Å². The Kier molecular flexibility index (Phi) is 5.79. The molecule has 2 aromatic rings. The molecule has 0 fully saturated rings. The van der Waals surface area contributed by atoms with Crippen molar-refractivity contribution in [3.05, 3.63) is 52.0 Å². The Morgan fingerprint density at radius 2 is 1.84 bits per heavy atom. The fourth-order valence-electron chi connectivity index (χ4n) is 2.09. The molecule has 2 rings (SSSR count). The number of hydrogen-bond donors (Lipinski definition) is 2. The lowest BCUT2D eigenvalue weighted by Crippen LogP contribution is -2.17. The molecule has 0 aliphatic carbocycles. The van der Waals surface area contributed by atoms with Crippen LogP contribution in [0, 0.1) is 11.6 Å². The molecular formula is C16H15BrF2N2O3S. The van der Waals surface area contributed by atoms with Crippen molar-refractivity contribution < 1.29 is 22.0 Å². The third kappa shape index (κ3) is 4.35. The van der Waals surface area contributed by atoms with Crippen LogP contribution in [0.1, 0.15) is 12.5 Å². The zero-order chi connectivity index (χ0) is 18.8. The summed E-state index contributed by atoms with van der Waals surface area (Å²) < 4.78 is 50.4. The van der Waals surface area contributed by atoms with Crippen LogP contribution >= 0.6 is 15.9 Å². The Hall–Kier alpha value is -2.00. The molecule has 0 saturated carbocycles. The fraction of sp³-hybridized carbons (Fsp3) is 0.188. The first kappa shape index (κ1) is 19.3. The predicted octanol–water partition coefficient (Wildman–Crippen LogP) is 3.28. The SMILES string of the molecule is CCS(=O)(=O)c1ccc(CC(=O)Nc2c(N)cc(F)c(Br)c2F)cc1. The van der Waals surface area contributed by atoms with Gasteiger partial charge in [0.25, 0.3) is 0 Å². The molecule has 0 aliphatic rings. The summed E-state index contributed by atoms with van der Waals surface area (Å²) in [5.74, 6) is -2.48. The summed E-state index contributed by atoms with van der Waals surface area (Å²) >= 11 is 2.74. The van der Waals surface area contributed by atoms with E-state index in [-0.39, 0.29) is 28.4 Å². The van der Waals surface area contributed by atoms with E-state index in [1.165, 1.54) is 31.2 Å². The molecule has 0 bridgehead atoms. The molecule has 2 aromatic carbocycles. The molecule has 3 N–H and O–H groups in total. The molecule has 9 heteroatoms. The first-order chi connectivity index (χ1) is 11.7. The van der Waals surface area contributed by atoms with E-state index in [0.717, 1.165) is 6.07 Å². The van der Waals surface area contributed by atoms with Gasteiger partial charge in [-0.3, -0.25) is 4.79 Å². The number of amides is 1. The van der Waals surface area contributed by atoms with Gasteiger partial charge in [0.2, 0.25) is 5.91 Å². The average Bonchev–Trinajstić information content (AvgIpc) is 2.57. The van der Waals surface area contributed by atoms with Gasteiger partial charge < -0.3 is 11.1 Å². The standard InChI is InChI=1S/C16H15BrF2N2O3S/c1-2-25(23,24)10-5-3-9(4-6-10)7-13(22)21-16-12(20)8-11(18)14(17)15(16)19/h3-6,8H,2,7,20H2,1H3,(H,21,22). The summed E-state index contributed by atoms with van der Waals surface area (Å²) in [4.78, 5) is 12.2. The van der Waals surface area contributed by atoms with Gasteiger partial charge in [0, 0.05) is 6.07 Å².